The first-order valence-corrected chi connectivity index (χ1v) is 8.40. The van der Waals surface area contributed by atoms with E-state index in [-0.39, 0.29) is 22.9 Å². The van der Waals surface area contributed by atoms with Crippen LogP contribution in [0, 0.1) is 5.82 Å². The minimum atomic E-state index is -0.724. The van der Waals surface area contributed by atoms with Crippen LogP contribution in [0.3, 0.4) is 0 Å². The number of ether oxygens (including phenoxy) is 1. The summed E-state index contributed by atoms with van der Waals surface area (Å²) < 4.78 is 19.9. The fourth-order valence-corrected chi connectivity index (χ4v) is 2.73. The van der Waals surface area contributed by atoms with Crippen LogP contribution in [-0.2, 0) is 9.59 Å². The third-order valence-electron chi connectivity index (χ3n) is 3.89. The lowest BCUT2D eigenvalue weighted by Gasteiger charge is -2.17. The van der Waals surface area contributed by atoms with Crippen molar-refractivity contribution in [3.05, 3.63) is 34.1 Å². The fraction of sp³-hybridized carbons (Fsp3) is 0.444. The number of anilines is 1. The molecule has 1 fully saturated rings. The molecule has 1 aromatic rings. The van der Waals surface area contributed by atoms with Crippen molar-refractivity contribution < 1.29 is 18.7 Å². The number of allylic oxidation sites excluding steroid dienone is 1. The van der Waals surface area contributed by atoms with Gasteiger partial charge in [0.2, 0.25) is 5.91 Å². The molecular formula is C18H21ClFNO3. The molecule has 0 saturated carbocycles. The normalized spacial score (nSPS) is 14.5. The molecule has 0 unspecified atom stereocenters. The quantitative estimate of drug-likeness (QED) is 0.425. The summed E-state index contributed by atoms with van der Waals surface area (Å²) in [7, 11) is 0. The minimum absolute atomic E-state index is 0.0179. The van der Waals surface area contributed by atoms with Gasteiger partial charge in [-0.25, -0.2) is 9.29 Å². The van der Waals surface area contributed by atoms with E-state index in [0.717, 1.165) is 35.8 Å². The Morgan fingerprint density at radius 1 is 1.29 bits per heavy atom. The van der Waals surface area contributed by atoms with E-state index in [4.69, 9.17) is 16.3 Å². The summed E-state index contributed by atoms with van der Waals surface area (Å²) in [6.07, 6.45) is 2.89. The number of carbonyl (C=O) groups excluding carboxylic acids is 2. The number of amides is 2. The number of carbonyl (C=O) groups is 2. The van der Waals surface area contributed by atoms with E-state index >= 15 is 0 Å². The van der Waals surface area contributed by atoms with Gasteiger partial charge in [0, 0.05) is 11.6 Å². The monoisotopic (exact) mass is 353 g/mol. The number of benzene rings is 1. The second kappa shape index (κ2) is 7.79. The number of halogens is 2. The Labute approximate surface area is 146 Å². The van der Waals surface area contributed by atoms with E-state index in [2.05, 4.69) is 6.92 Å². The van der Waals surface area contributed by atoms with E-state index in [1.165, 1.54) is 6.07 Å². The first-order chi connectivity index (χ1) is 11.4. The second-order valence-electron chi connectivity index (χ2n) is 5.98. The molecule has 1 aromatic carbocycles. The summed E-state index contributed by atoms with van der Waals surface area (Å²) in [6.45, 7) is 6.03. The van der Waals surface area contributed by atoms with Crippen LogP contribution in [0.1, 0.15) is 46.5 Å². The number of unbranched alkanes of at least 4 members (excludes halogenated alkanes) is 2. The molecule has 0 radical (unpaired) electrons. The Bertz CT molecular complexity index is 696. The lowest BCUT2D eigenvalue weighted by atomic mass is 10.1. The average Bonchev–Trinajstić information content (AvgIpc) is 2.81. The highest BCUT2D eigenvalue weighted by molar-refractivity contribution is 6.32. The van der Waals surface area contributed by atoms with Gasteiger partial charge >= 0.3 is 0 Å². The van der Waals surface area contributed by atoms with Crippen molar-refractivity contribution in [3.8, 4) is 5.75 Å². The first-order valence-electron chi connectivity index (χ1n) is 8.02. The lowest BCUT2D eigenvalue weighted by Crippen LogP contribution is -2.30. The van der Waals surface area contributed by atoms with E-state index in [1.54, 1.807) is 13.8 Å². The molecule has 0 spiro atoms. The van der Waals surface area contributed by atoms with E-state index < -0.39 is 17.6 Å². The van der Waals surface area contributed by atoms with Gasteiger partial charge in [0.05, 0.1) is 23.7 Å². The zero-order chi connectivity index (χ0) is 17.9. The molecule has 2 rings (SSSR count). The maximum atomic E-state index is 14.3. The van der Waals surface area contributed by atoms with Gasteiger partial charge in [-0.3, -0.25) is 9.59 Å². The molecule has 0 atom stereocenters. The van der Waals surface area contributed by atoms with Gasteiger partial charge in [-0.1, -0.05) is 36.9 Å². The molecule has 130 valence electrons. The largest absolute Gasteiger partial charge is 0.492 e. The molecule has 1 aliphatic rings. The Morgan fingerprint density at radius 2 is 2.00 bits per heavy atom. The number of rotatable bonds is 6. The Morgan fingerprint density at radius 3 is 2.58 bits per heavy atom. The molecule has 1 aliphatic heterocycles. The second-order valence-corrected chi connectivity index (χ2v) is 6.39. The van der Waals surface area contributed by atoms with Gasteiger partial charge in [-0.15, -0.1) is 0 Å². The molecule has 2 amide bonds. The number of hydrogen-bond acceptors (Lipinski definition) is 3. The molecule has 4 nitrogen and oxygen atoms in total. The van der Waals surface area contributed by atoms with E-state index in [0.29, 0.717) is 12.2 Å². The summed E-state index contributed by atoms with van der Waals surface area (Å²) in [4.78, 5) is 25.5. The SMILES string of the molecule is CCCCCOc1cc(N2C(=O)CC(=C(C)C)C2=O)c(F)cc1Cl. The maximum Gasteiger partial charge on any atom is 0.261 e. The van der Waals surface area contributed by atoms with Crippen molar-refractivity contribution in [2.24, 2.45) is 0 Å². The van der Waals surface area contributed by atoms with Gasteiger partial charge in [-0.2, -0.15) is 0 Å². The van der Waals surface area contributed by atoms with Crippen LogP contribution < -0.4 is 9.64 Å². The highest BCUT2D eigenvalue weighted by atomic mass is 35.5. The molecular weight excluding hydrogens is 333 g/mol. The first kappa shape index (κ1) is 18.5. The minimum Gasteiger partial charge on any atom is -0.492 e. The summed E-state index contributed by atoms with van der Waals surface area (Å²) in [5.41, 5.74) is 1.04. The Kier molecular flexibility index (Phi) is 5.99. The van der Waals surface area contributed by atoms with Crippen molar-refractivity contribution in [1.82, 2.24) is 0 Å². The van der Waals surface area contributed by atoms with Crippen LogP contribution in [-0.4, -0.2) is 18.4 Å². The predicted octanol–water partition coefficient (Wildman–Crippen LogP) is 4.65. The van der Waals surface area contributed by atoms with Gasteiger partial charge in [0.15, 0.2) is 0 Å². The van der Waals surface area contributed by atoms with E-state index in [1.807, 2.05) is 0 Å². The Hall–Kier alpha value is -1.88. The molecule has 0 bridgehead atoms. The zero-order valence-corrected chi connectivity index (χ0v) is 14.9. The van der Waals surface area contributed by atoms with Crippen molar-refractivity contribution in [1.29, 1.82) is 0 Å². The van der Waals surface area contributed by atoms with Gasteiger partial charge in [-0.05, 0) is 26.3 Å². The highest BCUT2D eigenvalue weighted by Gasteiger charge is 2.37. The lowest BCUT2D eigenvalue weighted by molar-refractivity contribution is -0.120. The van der Waals surface area contributed by atoms with Crippen LogP contribution in [0.4, 0.5) is 10.1 Å². The highest BCUT2D eigenvalue weighted by Crippen LogP contribution is 2.36. The molecule has 24 heavy (non-hydrogen) atoms. The summed E-state index contributed by atoms with van der Waals surface area (Å²) in [5, 5.41) is 0.120. The standard InChI is InChI=1S/C18H21ClFNO3/c1-4-5-6-7-24-16-10-15(14(20)9-13(16)19)21-17(22)8-12(11(2)3)18(21)23/h9-10H,4-8H2,1-3H3. The molecule has 1 heterocycles. The number of imide groups is 1. The predicted molar refractivity (Wildman–Crippen MR) is 91.9 cm³/mol. The van der Waals surface area contributed by atoms with Crippen molar-refractivity contribution in [3.63, 3.8) is 0 Å². The van der Waals surface area contributed by atoms with Gasteiger partial charge < -0.3 is 4.74 Å². The molecule has 6 heteroatoms. The van der Waals surface area contributed by atoms with Crippen molar-refractivity contribution in [2.75, 3.05) is 11.5 Å². The summed E-state index contributed by atoms with van der Waals surface area (Å²) in [5.74, 6) is -1.39. The zero-order valence-electron chi connectivity index (χ0n) is 14.1. The van der Waals surface area contributed by atoms with Crippen molar-refractivity contribution >= 4 is 29.1 Å². The molecule has 1 saturated heterocycles. The topological polar surface area (TPSA) is 46.6 Å². The van der Waals surface area contributed by atoms with Crippen molar-refractivity contribution in [2.45, 2.75) is 46.5 Å². The average molecular weight is 354 g/mol. The Balaban J connectivity index is 2.32. The molecule has 0 aromatic heterocycles. The van der Waals surface area contributed by atoms with E-state index in [9.17, 15) is 14.0 Å². The van der Waals surface area contributed by atoms with Gasteiger partial charge in [0.1, 0.15) is 11.6 Å². The number of hydrogen-bond donors (Lipinski definition) is 0. The third kappa shape index (κ3) is 3.78. The van der Waals surface area contributed by atoms with Crippen LogP contribution in [0.2, 0.25) is 5.02 Å². The molecule has 0 N–H and O–H groups in total. The van der Waals surface area contributed by atoms with Crippen LogP contribution in [0.25, 0.3) is 0 Å². The maximum absolute atomic E-state index is 14.3. The molecule has 0 aliphatic carbocycles. The third-order valence-corrected chi connectivity index (χ3v) is 4.19. The number of nitrogens with zero attached hydrogens (tertiary/aromatic N) is 1. The van der Waals surface area contributed by atoms with Crippen LogP contribution >= 0.6 is 11.6 Å². The summed E-state index contributed by atoms with van der Waals surface area (Å²) >= 11 is 6.01. The fourth-order valence-electron chi connectivity index (χ4n) is 2.52. The van der Waals surface area contributed by atoms with Crippen LogP contribution in [0.15, 0.2) is 23.3 Å². The van der Waals surface area contributed by atoms with Crippen LogP contribution in [0.5, 0.6) is 5.75 Å². The summed E-state index contributed by atoms with van der Waals surface area (Å²) in [6, 6.07) is 2.40. The smallest absolute Gasteiger partial charge is 0.261 e. The van der Waals surface area contributed by atoms with Gasteiger partial charge in [0.25, 0.3) is 5.91 Å².